The summed E-state index contributed by atoms with van der Waals surface area (Å²) >= 11 is 0. The fraction of sp³-hybridized carbons (Fsp3) is 0.500. The van der Waals surface area contributed by atoms with Gasteiger partial charge in [0.1, 0.15) is 12.6 Å². The van der Waals surface area contributed by atoms with E-state index >= 15 is 0 Å². The van der Waals surface area contributed by atoms with Crippen LogP contribution in [0.3, 0.4) is 0 Å². The van der Waals surface area contributed by atoms with E-state index in [9.17, 15) is 10.1 Å². The number of aromatic nitrogens is 2. The van der Waals surface area contributed by atoms with Crippen molar-refractivity contribution in [2.45, 2.75) is 26.3 Å². The molecule has 0 saturated carbocycles. The molecule has 1 amide bonds. The van der Waals surface area contributed by atoms with E-state index in [4.69, 9.17) is 5.73 Å². The van der Waals surface area contributed by atoms with E-state index in [1.807, 2.05) is 27.1 Å². The van der Waals surface area contributed by atoms with Crippen LogP contribution in [0.25, 0.3) is 11.1 Å². The number of benzene rings is 1. The lowest BCUT2D eigenvalue weighted by Gasteiger charge is -2.30. The molecule has 2 aromatic rings. The highest BCUT2D eigenvalue weighted by Gasteiger charge is 2.29. The number of hydrogen-bond acceptors (Lipinski definition) is 6. The Morgan fingerprint density at radius 2 is 1.97 bits per heavy atom. The molecule has 8 nitrogen and oxygen atoms in total. The molecule has 0 aliphatic carbocycles. The van der Waals surface area contributed by atoms with Crippen molar-refractivity contribution in [1.29, 1.82) is 5.26 Å². The lowest BCUT2D eigenvalue weighted by Crippen LogP contribution is -2.46. The minimum Gasteiger partial charge on any atom is -0.369 e. The third-order valence-corrected chi connectivity index (χ3v) is 5.38. The zero-order valence-electron chi connectivity index (χ0n) is 18.0. The maximum absolute atomic E-state index is 12.2. The number of carbonyl (C=O) groups is 1. The van der Waals surface area contributed by atoms with E-state index in [1.165, 1.54) is 5.69 Å². The zero-order chi connectivity index (χ0) is 21.7. The Labute approximate surface area is 178 Å². The molecule has 0 unspecified atom stereocenters. The van der Waals surface area contributed by atoms with Crippen LogP contribution >= 0.6 is 0 Å². The second-order valence-corrected chi connectivity index (χ2v) is 8.16. The van der Waals surface area contributed by atoms with Crippen LogP contribution in [0, 0.1) is 17.2 Å². The summed E-state index contributed by atoms with van der Waals surface area (Å²) in [5.41, 5.74) is 8.78. The van der Waals surface area contributed by atoms with E-state index in [2.05, 4.69) is 45.7 Å². The minimum atomic E-state index is -0.585. The molecule has 1 saturated heterocycles. The van der Waals surface area contributed by atoms with Crippen molar-refractivity contribution in [2.75, 3.05) is 42.5 Å². The van der Waals surface area contributed by atoms with Gasteiger partial charge in [0.2, 0.25) is 5.91 Å². The highest BCUT2D eigenvalue weighted by Crippen LogP contribution is 2.33. The highest BCUT2D eigenvalue weighted by molar-refractivity contribution is 5.86. The van der Waals surface area contributed by atoms with Crippen LogP contribution in [0.1, 0.15) is 20.3 Å². The number of hydrogen-bond donors (Lipinski definition) is 2. The summed E-state index contributed by atoms with van der Waals surface area (Å²) in [5, 5.41) is 17.4. The first kappa shape index (κ1) is 21.7. The number of anilines is 2. The Balaban J connectivity index is 1.95. The molecule has 30 heavy (non-hydrogen) atoms. The topological polar surface area (TPSA) is 103 Å². The fourth-order valence-corrected chi connectivity index (χ4v) is 3.92. The van der Waals surface area contributed by atoms with Crippen molar-refractivity contribution >= 4 is 17.4 Å². The van der Waals surface area contributed by atoms with Crippen molar-refractivity contribution in [3.8, 4) is 17.2 Å². The summed E-state index contributed by atoms with van der Waals surface area (Å²) in [6, 6.07) is 9.97. The molecule has 2 heterocycles. The Hall–Kier alpha value is -3.05. The third-order valence-electron chi connectivity index (χ3n) is 5.38. The van der Waals surface area contributed by atoms with Crippen LogP contribution in [0.5, 0.6) is 0 Å². The van der Waals surface area contributed by atoms with Gasteiger partial charge in [-0.05, 0) is 30.0 Å². The van der Waals surface area contributed by atoms with Crippen molar-refractivity contribution in [3.63, 3.8) is 0 Å². The Morgan fingerprint density at radius 1 is 1.30 bits per heavy atom. The van der Waals surface area contributed by atoms with E-state index < -0.39 is 11.9 Å². The lowest BCUT2D eigenvalue weighted by atomic mass is 10.0. The van der Waals surface area contributed by atoms with E-state index in [0.29, 0.717) is 12.2 Å². The van der Waals surface area contributed by atoms with Crippen LogP contribution in [-0.2, 0) is 11.8 Å². The number of aryl methyl sites for hydroxylation is 1. The third kappa shape index (κ3) is 4.92. The SMILES string of the molecule is CC(C)C[C@@H](C(N)=O)N(CC#N)c1nn(C)cc1-c1ccc(N2CCNCC2)cc1. The first-order valence-electron chi connectivity index (χ1n) is 10.4. The fourth-order valence-electron chi connectivity index (χ4n) is 3.92. The van der Waals surface area contributed by atoms with E-state index in [-0.39, 0.29) is 12.5 Å². The first-order chi connectivity index (χ1) is 14.4. The maximum Gasteiger partial charge on any atom is 0.240 e. The van der Waals surface area contributed by atoms with Crippen LogP contribution in [0.2, 0.25) is 0 Å². The largest absolute Gasteiger partial charge is 0.369 e. The van der Waals surface area contributed by atoms with Crippen LogP contribution in [0.4, 0.5) is 11.5 Å². The Kier molecular flexibility index (Phi) is 6.95. The van der Waals surface area contributed by atoms with Gasteiger partial charge in [0, 0.05) is 50.7 Å². The maximum atomic E-state index is 12.2. The predicted octanol–water partition coefficient (Wildman–Crippen LogP) is 1.73. The molecule has 0 spiro atoms. The molecule has 1 aliphatic heterocycles. The molecular formula is C22H31N7O. The van der Waals surface area contributed by atoms with Crippen molar-refractivity contribution in [1.82, 2.24) is 15.1 Å². The van der Waals surface area contributed by atoms with Gasteiger partial charge in [-0.25, -0.2) is 0 Å². The first-order valence-corrected chi connectivity index (χ1v) is 10.4. The number of nitrogens with zero attached hydrogens (tertiary/aromatic N) is 5. The van der Waals surface area contributed by atoms with Gasteiger partial charge < -0.3 is 20.9 Å². The van der Waals surface area contributed by atoms with Crippen LogP contribution in [0.15, 0.2) is 30.5 Å². The summed E-state index contributed by atoms with van der Waals surface area (Å²) in [6.07, 6.45) is 2.49. The second-order valence-electron chi connectivity index (χ2n) is 8.16. The number of nitriles is 1. The average molecular weight is 410 g/mol. The smallest absolute Gasteiger partial charge is 0.240 e. The highest BCUT2D eigenvalue weighted by atomic mass is 16.1. The molecule has 0 radical (unpaired) electrons. The summed E-state index contributed by atoms with van der Waals surface area (Å²) in [5.74, 6) is 0.428. The summed E-state index contributed by atoms with van der Waals surface area (Å²) in [7, 11) is 1.84. The van der Waals surface area contributed by atoms with Crippen molar-refractivity contribution in [2.24, 2.45) is 18.7 Å². The molecule has 1 atom stereocenters. The van der Waals surface area contributed by atoms with Crippen molar-refractivity contribution in [3.05, 3.63) is 30.5 Å². The summed E-state index contributed by atoms with van der Waals surface area (Å²) in [6.45, 7) is 8.07. The number of piperazine rings is 1. The minimum absolute atomic E-state index is 0.0448. The molecule has 160 valence electrons. The molecular weight excluding hydrogens is 378 g/mol. The van der Waals surface area contributed by atoms with Gasteiger partial charge in [0.15, 0.2) is 5.82 Å². The Morgan fingerprint density at radius 3 is 2.53 bits per heavy atom. The Bertz CT molecular complexity index is 891. The molecule has 1 aromatic heterocycles. The molecule has 1 fully saturated rings. The predicted molar refractivity (Wildman–Crippen MR) is 119 cm³/mol. The van der Waals surface area contributed by atoms with Crippen LogP contribution in [-0.4, -0.2) is 54.5 Å². The number of amides is 1. The zero-order valence-corrected chi connectivity index (χ0v) is 18.0. The molecule has 1 aliphatic rings. The van der Waals surface area contributed by atoms with Gasteiger partial charge in [0.25, 0.3) is 0 Å². The number of rotatable bonds is 8. The number of nitrogens with one attached hydrogen (secondary N) is 1. The number of carbonyl (C=O) groups excluding carboxylic acids is 1. The number of primary amides is 1. The quantitative estimate of drug-likeness (QED) is 0.644. The van der Waals surface area contributed by atoms with Gasteiger partial charge in [0.05, 0.1) is 6.07 Å². The van der Waals surface area contributed by atoms with E-state index in [1.54, 1.807) is 9.58 Å². The van der Waals surface area contributed by atoms with Crippen LogP contribution < -0.4 is 20.9 Å². The van der Waals surface area contributed by atoms with E-state index in [0.717, 1.165) is 37.3 Å². The monoisotopic (exact) mass is 409 g/mol. The number of nitrogens with two attached hydrogens (primary N) is 1. The van der Waals surface area contributed by atoms with Gasteiger partial charge in [-0.1, -0.05) is 26.0 Å². The van der Waals surface area contributed by atoms with Gasteiger partial charge in [-0.3, -0.25) is 9.48 Å². The molecule has 0 bridgehead atoms. The normalized spacial score (nSPS) is 15.1. The molecule has 3 rings (SSSR count). The molecule has 8 heteroatoms. The van der Waals surface area contributed by atoms with Gasteiger partial charge in [-0.2, -0.15) is 10.4 Å². The summed E-state index contributed by atoms with van der Waals surface area (Å²) < 4.78 is 1.71. The molecule has 1 aromatic carbocycles. The van der Waals surface area contributed by atoms with Gasteiger partial charge in [-0.15, -0.1) is 0 Å². The van der Waals surface area contributed by atoms with Gasteiger partial charge >= 0.3 is 0 Å². The lowest BCUT2D eigenvalue weighted by molar-refractivity contribution is -0.119. The standard InChI is InChI=1S/C22H31N7O/c1-16(2)14-20(21(24)30)29(11-8-23)22-19(15-27(3)26-22)17-4-6-18(7-5-17)28-12-9-25-10-13-28/h4-7,15-16,20,25H,9-14H2,1-3H3,(H2,24,30)/t20-/m0/s1. The summed E-state index contributed by atoms with van der Waals surface area (Å²) in [4.78, 5) is 16.3. The molecule has 3 N–H and O–H groups in total. The van der Waals surface area contributed by atoms with Crippen molar-refractivity contribution < 1.29 is 4.79 Å². The average Bonchev–Trinajstić information content (AvgIpc) is 3.12. The second kappa shape index (κ2) is 9.63.